The van der Waals surface area contributed by atoms with Crippen LogP contribution in [0.4, 0.5) is 8.78 Å². The number of hydrogen-bond donors (Lipinski definition) is 1. The minimum Gasteiger partial charge on any atom is -0.388 e. The fourth-order valence-electron chi connectivity index (χ4n) is 2.99. The Bertz CT molecular complexity index is 624. The van der Waals surface area contributed by atoms with E-state index in [1.54, 1.807) is 0 Å². The van der Waals surface area contributed by atoms with E-state index in [-0.39, 0.29) is 11.5 Å². The molecule has 0 aliphatic heterocycles. The summed E-state index contributed by atoms with van der Waals surface area (Å²) in [6, 6.07) is 11.3. The Labute approximate surface area is 116 Å². The summed E-state index contributed by atoms with van der Waals surface area (Å²) in [5, 5.41) is 10.4. The number of aryl methyl sites for hydroxylation is 1. The Morgan fingerprint density at radius 3 is 2.60 bits per heavy atom. The standard InChI is InChI=1S/C17H16F2O/c18-14-7-8-16(19)15(10-14)17(20)13-6-5-11-3-1-2-4-12(11)9-13/h1-4,7-8,10,13,17,20H,5-6,9H2. The van der Waals surface area contributed by atoms with Crippen LogP contribution < -0.4 is 0 Å². The summed E-state index contributed by atoms with van der Waals surface area (Å²) in [6.45, 7) is 0. The molecule has 3 rings (SSSR count). The van der Waals surface area contributed by atoms with Crippen LogP contribution in [0.25, 0.3) is 0 Å². The van der Waals surface area contributed by atoms with Crippen molar-refractivity contribution >= 4 is 0 Å². The van der Waals surface area contributed by atoms with E-state index < -0.39 is 17.7 Å². The molecule has 0 saturated heterocycles. The molecule has 2 unspecified atom stereocenters. The van der Waals surface area contributed by atoms with Crippen molar-refractivity contribution in [3.63, 3.8) is 0 Å². The lowest BCUT2D eigenvalue weighted by Crippen LogP contribution is -2.22. The van der Waals surface area contributed by atoms with E-state index in [1.165, 1.54) is 11.1 Å². The van der Waals surface area contributed by atoms with Crippen LogP contribution in [0.1, 0.15) is 29.2 Å². The van der Waals surface area contributed by atoms with Gasteiger partial charge in [0, 0.05) is 5.56 Å². The molecule has 1 N–H and O–H groups in total. The second kappa shape index (κ2) is 5.33. The lowest BCUT2D eigenvalue weighted by Gasteiger charge is -2.29. The number of halogens is 2. The van der Waals surface area contributed by atoms with E-state index in [9.17, 15) is 13.9 Å². The van der Waals surface area contributed by atoms with Gasteiger partial charge in [0.2, 0.25) is 0 Å². The van der Waals surface area contributed by atoms with E-state index >= 15 is 0 Å². The first-order valence-electron chi connectivity index (χ1n) is 6.85. The van der Waals surface area contributed by atoms with Gasteiger partial charge in [-0.15, -0.1) is 0 Å². The van der Waals surface area contributed by atoms with Crippen LogP contribution >= 0.6 is 0 Å². The SMILES string of the molecule is OC(c1cc(F)ccc1F)C1CCc2ccccc2C1. The van der Waals surface area contributed by atoms with Crippen molar-refractivity contribution in [2.45, 2.75) is 25.4 Å². The highest BCUT2D eigenvalue weighted by Crippen LogP contribution is 2.35. The molecular formula is C17H16F2O. The van der Waals surface area contributed by atoms with Crippen molar-refractivity contribution in [2.24, 2.45) is 5.92 Å². The molecule has 0 fully saturated rings. The second-order valence-corrected chi connectivity index (χ2v) is 5.38. The molecule has 1 aliphatic rings. The molecule has 0 heterocycles. The van der Waals surface area contributed by atoms with E-state index in [1.807, 2.05) is 18.2 Å². The molecule has 0 amide bonds. The molecular weight excluding hydrogens is 258 g/mol. The highest BCUT2D eigenvalue weighted by Gasteiger charge is 2.27. The van der Waals surface area contributed by atoms with Crippen molar-refractivity contribution in [3.8, 4) is 0 Å². The highest BCUT2D eigenvalue weighted by atomic mass is 19.1. The third kappa shape index (κ3) is 2.46. The summed E-state index contributed by atoms with van der Waals surface area (Å²) in [6.07, 6.45) is 1.40. The number of rotatable bonds is 2. The van der Waals surface area contributed by atoms with Crippen LogP contribution in [0.2, 0.25) is 0 Å². The normalized spacial score (nSPS) is 19.4. The lowest BCUT2D eigenvalue weighted by molar-refractivity contribution is 0.0956. The van der Waals surface area contributed by atoms with Gasteiger partial charge in [0.25, 0.3) is 0 Å². The monoisotopic (exact) mass is 274 g/mol. The first kappa shape index (κ1) is 13.3. The summed E-state index contributed by atoms with van der Waals surface area (Å²) in [5.74, 6) is -1.13. The van der Waals surface area contributed by atoms with Crippen LogP contribution in [0.3, 0.4) is 0 Å². The van der Waals surface area contributed by atoms with Crippen molar-refractivity contribution in [1.82, 2.24) is 0 Å². The van der Waals surface area contributed by atoms with Crippen molar-refractivity contribution in [2.75, 3.05) is 0 Å². The lowest BCUT2D eigenvalue weighted by atomic mass is 9.79. The number of fused-ring (bicyclic) bond motifs is 1. The summed E-state index contributed by atoms with van der Waals surface area (Å²) in [7, 11) is 0. The van der Waals surface area contributed by atoms with Gasteiger partial charge in [-0.2, -0.15) is 0 Å². The molecule has 20 heavy (non-hydrogen) atoms. The molecule has 1 aliphatic carbocycles. The van der Waals surface area contributed by atoms with Gasteiger partial charge in [0.15, 0.2) is 0 Å². The molecule has 0 aromatic heterocycles. The maximum Gasteiger partial charge on any atom is 0.129 e. The smallest absolute Gasteiger partial charge is 0.129 e. The van der Waals surface area contributed by atoms with Crippen LogP contribution in [-0.4, -0.2) is 5.11 Å². The first-order valence-corrected chi connectivity index (χ1v) is 6.85. The summed E-state index contributed by atoms with van der Waals surface area (Å²) < 4.78 is 27.0. The largest absolute Gasteiger partial charge is 0.388 e. The van der Waals surface area contributed by atoms with Crippen LogP contribution in [0.5, 0.6) is 0 Å². The molecule has 0 radical (unpaired) electrons. The van der Waals surface area contributed by atoms with Gasteiger partial charge in [-0.3, -0.25) is 0 Å². The zero-order valence-electron chi connectivity index (χ0n) is 11.0. The molecule has 2 aromatic carbocycles. The molecule has 2 aromatic rings. The maximum absolute atomic E-state index is 13.7. The Morgan fingerprint density at radius 1 is 1.05 bits per heavy atom. The van der Waals surface area contributed by atoms with Crippen LogP contribution in [-0.2, 0) is 12.8 Å². The van der Waals surface area contributed by atoms with Gasteiger partial charge in [-0.05, 0) is 54.5 Å². The van der Waals surface area contributed by atoms with E-state index in [4.69, 9.17) is 0 Å². The maximum atomic E-state index is 13.7. The zero-order valence-corrected chi connectivity index (χ0v) is 11.0. The van der Waals surface area contributed by atoms with Crippen LogP contribution in [0, 0.1) is 17.6 Å². The fourth-order valence-corrected chi connectivity index (χ4v) is 2.99. The van der Waals surface area contributed by atoms with Gasteiger partial charge in [0.1, 0.15) is 11.6 Å². The molecule has 2 atom stereocenters. The number of hydrogen-bond acceptors (Lipinski definition) is 1. The Morgan fingerprint density at radius 2 is 1.80 bits per heavy atom. The van der Waals surface area contributed by atoms with E-state index in [0.717, 1.165) is 31.0 Å². The van der Waals surface area contributed by atoms with Gasteiger partial charge in [-0.25, -0.2) is 8.78 Å². The van der Waals surface area contributed by atoms with Gasteiger partial charge in [0.05, 0.1) is 6.10 Å². The predicted octanol–water partition coefficient (Wildman–Crippen LogP) is 3.80. The summed E-state index contributed by atoms with van der Waals surface area (Å²) >= 11 is 0. The number of aliphatic hydroxyl groups is 1. The first-order chi connectivity index (χ1) is 9.65. The van der Waals surface area contributed by atoms with E-state index in [0.29, 0.717) is 6.42 Å². The van der Waals surface area contributed by atoms with Crippen molar-refractivity contribution in [1.29, 1.82) is 0 Å². The number of aliphatic hydroxyl groups excluding tert-OH is 1. The second-order valence-electron chi connectivity index (χ2n) is 5.38. The highest BCUT2D eigenvalue weighted by molar-refractivity contribution is 5.31. The third-order valence-electron chi connectivity index (χ3n) is 4.11. The molecule has 104 valence electrons. The van der Waals surface area contributed by atoms with Crippen molar-refractivity contribution in [3.05, 3.63) is 70.8 Å². The van der Waals surface area contributed by atoms with Crippen LogP contribution in [0.15, 0.2) is 42.5 Å². The number of benzene rings is 2. The predicted molar refractivity (Wildman–Crippen MR) is 73.3 cm³/mol. The van der Waals surface area contributed by atoms with E-state index in [2.05, 4.69) is 6.07 Å². The van der Waals surface area contributed by atoms with Crippen molar-refractivity contribution < 1.29 is 13.9 Å². The Balaban J connectivity index is 1.85. The molecule has 1 nitrogen and oxygen atoms in total. The van der Waals surface area contributed by atoms with Gasteiger partial charge < -0.3 is 5.11 Å². The zero-order chi connectivity index (χ0) is 14.1. The fraction of sp³-hybridized carbons (Fsp3) is 0.294. The minimum atomic E-state index is -0.959. The molecule has 0 bridgehead atoms. The Kier molecular flexibility index (Phi) is 3.53. The minimum absolute atomic E-state index is 0.0642. The third-order valence-corrected chi connectivity index (χ3v) is 4.11. The average molecular weight is 274 g/mol. The topological polar surface area (TPSA) is 20.2 Å². The quantitative estimate of drug-likeness (QED) is 0.883. The molecule has 0 saturated carbocycles. The average Bonchev–Trinajstić information content (AvgIpc) is 2.48. The van der Waals surface area contributed by atoms with Gasteiger partial charge in [-0.1, -0.05) is 24.3 Å². The Hall–Kier alpha value is -1.74. The van der Waals surface area contributed by atoms with Gasteiger partial charge >= 0.3 is 0 Å². The molecule has 0 spiro atoms. The molecule has 3 heteroatoms. The summed E-state index contributed by atoms with van der Waals surface area (Å²) in [4.78, 5) is 0. The summed E-state index contributed by atoms with van der Waals surface area (Å²) in [5.41, 5.74) is 2.55.